The van der Waals surface area contributed by atoms with Crippen LogP contribution in [0.15, 0.2) is 4.99 Å². The highest BCUT2D eigenvalue weighted by atomic mass is 16.5. The second-order valence-electron chi connectivity index (χ2n) is 9.23. The molecule has 0 aliphatic carbocycles. The fraction of sp³-hybridized carbons (Fsp3) is 0.909. The first-order chi connectivity index (χ1) is 12.2. The van der Waals surface area contributed by atoms with Gasteiger partial charge in [-0.15, -0.1) is 0 Å². The molecule has 0 spiro atoms. The Morgan fingerprint density at radius 2 is 1.73 bits per heavy atom. The molecule has 26 heavy (non-hydrogen) atoms. The molecule has 0 aromatic rings. The van der Waals surface area contributed by atoms with Gasteiger partial charge in [-0.1, -0.05) is 65.2 Å². The van der Waals surface area contributed by atoms with Crippen LogP contribution in [0.5, 0.6) is 0 Å². The number of ether oxygens (including phenoxy) is 2. The molecule has 2 unspecified atom stereocenters. The number of carbonyl (C=O) groups is 1. The van der Waals surface area contributed by atoms with Gasteiger partial charge in [0.1, 0.15) is 18.8 Å². The predicted molar refractivity (Wildman–Crippen MR) is 109 cm³/mol. The second-order valence-corrected chi connectivity index (χ2v) is 9.23. The number of nitrogens with zero attached hydrogens (tertiary/aromatic N) is 1. The third-order valence-electron chi connectivity index (χ3n) is 4.95. The summed E-state index contributed by atoms with van der Waals surface area (Å²) in [7, 11) is 0. The number of esters is 1. The molecule has 0 bridgehead atoms. The molecule has 0 fully saturated rings. The van der Waals surface area contributed by atoms with Crippen LogP contribution in [0.3, 0.4) is 0 Å². The summed E-state index contributed by atoms with van der Waals surface area (Å²) in [6.45, 7) is 12.8. The molecule has 4 heteroatoms. The molecular formula is C22H41NO3. The van der Waals surface area contributed by atoms with Gasteiger partial charge in [0, 0.05) is 5.92 Å². The predicted octanol–water partition coefficient (Wildman–Crippen LogP) is 5.93. The van der Waals surface area contributed by atoms with E-state index < -0.39 is 11.0 Å². The minimum absolute atomic E-state index is 0.186. The average Bonchev–Trinajstić information content (AvgIpc) is 2.97. The molecule has 2 atom stereocenters. The van der Waals surface area contributed by atoms with Gasteiger partial charge in [0.05, 0.1) is 5.41 Å². The number of unbranched alkanes of at least 4 members (excludes halogenated alkanes) is 7. The Balaban J connectivity index is 2.27. The minimum Gasteiger partial charge on any atom is -0.478 e. The van der Waals surface area contributed by atoms with E-state index in [0.29, 0.717) is 12.5 Å². The minimum atomic E-state index is -0.480. The van der Waals surface area contributed by atoms with Crippen LogP contribution in [0.25, 0.3) is 0 Å². The van der Waals surface area contributed by atoms with Gasteiger partial charge in [0.2, 0.25) is 0 Å². The van der Waals surface area contributed by atoms with Gasteiger partial charge in [-0.25, -0.2) is 4.99 Å². The molecule has 4 nitrogen and oxygen atoms in total. The van der Waals surface area contributed by atoms with Crippen LogP contribution in [0.4, 0.5) is 0 Å². The van der Waals surface area contributed by atoms with Crippen molar-refractivity contribution < 1.29 is 14.3 Å². The van der Waals surface area contributed by atoms with E-state index in [1.807, 2.05) is 27.7 Å². The summed E-state index contributed by atoms with van der Waals surface area (Å²) in [5.41, 5.74) is -0.921. The Morgan fingerprint density at radius 3 is 2.31 bits per heavy atom. The lowest BCUT2D eigenvalue weighted by atomic mass is 9.97. The fourth-order valence-corrected chi connectivity index (χ4v) is 3.03. The zero-order chi connectivity index (χ0) is 19.6. The monoisotopic (exact) mass is 367 g/mol. The smallest absolute Gasteiger partial charge is 0.311 e. The van der Waals surface area contributed by atoms with Gasteiger partial charge in [-0.05, 0) is 34.1 Å². The van der Waals surface area contributed by atoms with Crippen LogP contribution in [0, 0.1) is 11.3 Å². The van der Waals surface area contributed by atoms with Crippen molar-refractivity contribution in [2.75, 3.05) is 13.2 Å². The molecule has 0 N–H and O–H groups in total. The number of aliphatic imine (C=N–C) groups is 1. The van der Waals surface area contributed by atoms with Crippen molar-refractivity contribution in [1.29, 1.82) is 0 Å². The summed E-state index contributed by atoms with van der Waals surface area (Å²) >= 11 is 0. The van der Waals surface area contributed by atoms with Gasteiger partial charge < -0.3 is 9.47 Å². The van der Waals surface area contributed by atoms with Crippen LogP contribution in [0.2, 0.25) is 0 Å². The zero-order valence-corrected chi connectivity index (χ0v) is 18.0. The van der Waals surface area contributed by atoms with E-state index in [1.165, 1.54) is 51.4 Å². The average molecular weight is 368 g/mol. The molecule has 1 rings (SSSR count). The quantitative estimate of drug-likeness (QED) is 0.317. The van der Waals surface area contributed by atoms with E-state index in [9.17, 15) is 4.79 Å². The molecule has 0 saturated carbocycles. The van der Waals surface area contributed by atoms with Crippen LogP contribution in [-0.2, 0) is 14.3 Å². The molecule has 0 aromatic carbocycles. The highest BCUT2D eigenvalue weighted by Crippen LogP contribution is 2.26. The molecule has 1 heterocycles. The van der Waals surface area contributed by atoms with Gasteiger partial charge >= 0.3 is 5.97 Å². The van der Waals surface area contributed by atoms with Crippen LogP contribution in [0.1, 0.15) is 99.3 Å². The summed E-state index contributed by atoms with van der Waals surface area (Å²) in [5.74, 6) is 0.992. The fourth-order valence-electron chi connectivity index (χ4n) is 3.03. The topological polar surface area (TPSA) is 47.9 Å². The van der Waals surface area contributed by atoms with Crippen molar-refractivity contribution in [3.05, 3.63) is 0 Å². The van der Waals surface area contributed by atoms with Crippen molar-refractivity contribution in [3.8, 4) is 0 Å². The molecule has 1 aliphatic heterocycles. The Morgan fingerprint density at radius 1 is 1.15 bits per heavy atom. The highest BCUT2D eigenvalue weighted by Gasteiger charge is 2.36. The molecule has 0 saturated heterocycles. The Hall–Kier alpha value is -1.06. The standard InChI is InChI=1S/C22H41NO3/c1-7-8-9-10-11-12-13-14-15-18(2)19-23-22(6,16-25-19)17-26-20(24)21(3,4)5/h18H,7-17H2,1-6H3. The van der Waals surface area contributed by atoms with E-state index in [-0.39, 0.29) is 12.6 Å². The summed E-state index contributed by atoms with van der Waals surface area (Å²) in [6.07, 6.45) is 11.8. The maximum Gasteiger partial charge on any atom is 0.311 e. The largest absolute Gasteiger partial charge is 0.478 e. The maximum absolute atomic E-state index is 12.0. The molecule has 0 aromatic heterocycles. The second kappa shape index (κ2) is 10.9. The van der Waals surface area contributed by atoms with Crippen LogP contribution < -0.4 is 0 Å². The van der Waals surface area contributed by atoms with Crippen molar-refractivity contribution >= 4 is 11.9 Å². The van der Waals surface area contributed by atoms with E-state index in [0.717, 1.165) is 12.3 Å². The van der Waals surface area contributed by atoms with E-state index in [1.54, 1.807) is 0 Å². The normalized spacial score (nSPS) is 21.2. The number of rotatable bonds is 12. The van der Waals surface area contributed by atoms with Crippen molar-refractivity contribution in [2.24, 2.45) is 16.3 Å². The first-order valence-electron chi connectivity index (χ1n) is 10.6. The summed E-state index contributed by atoms with van der Waals surface area (Å²) in [6, 6.07) is 0. The van der Waals surface area contributed by atoms with Gasteiger partial charge in [0.15, 0.2) is 5.90 Å². The summed E-state index contributed by atoms with van der Waals surface area (Å²) in [4.78, 5) is 16.7. The lowest BCUT2D eigenvalue weighted by Gasteiger charge is -2.22. The number of carbonyl (C=O) groups excluding carboxylic acids is 1. The van der Waals surface area contributed by atoms with E-state index in [2.05, 4.69) is 13.8 Å². The number of hydrogen-bond donors (Lipinski definition) is 0. The maximum atomic E-state index is 12.0. The van der Waals surface area contributed by atoms with Crippen LogP contribution >= 0.6 is 0 Å². The Kier molecular flexibility index (Phi) is 9.67. The lowest BCUT2D eigenvalue weighted by Crippen LogP contribution is -2.34. The van der Waals surface area contributed by atoms with Gasteiger partial charge in [-0.3, -0.25) is 4.79 Å². The van der Waals surface area contributed by atoms with Crippen molar-refractivity contribution in [3.63, 3.8) is 0 Å². The molecule has 1 aliphatic rings. The van der Waals surface area contributed by atoms with Gasteiger partial charge in [0.25, 0.3) is 0 Å². The van der Waals surface area contributed by atoms with Crippen molar-refractivity contribution in [2.45, 2.75) is 105 Å². The first-order valence-corrected chi connectivity index (χ1v) is 10.6. The van der Waals surface area contributed by atoms with E-state index in [4.69, 9.17) is 14.5 Å². The van der Waals surface area contributed by atoms with E-state index >= 15 is 0 Å². The Bertz CT molecular complexity index is 453. The third-order valence-corrected chi connectivity index (χ3v) is 4.95. The summed E-state index contributed by atoms with van der Waals surface area (Å²) < 4.78 is 11.3. The highest BCUT2D eigenvalue weighted by molar-refractivity contribution is 5.80. The molecule has 0 radical (unpaired) electrons. The lowest BCUT2D eigenvalue weighted by molar-refractivity contribution is -0.154. The Labute approximate surface area is 161 Å². The van der Waals surface area contributed by atoms with Crippen molar-refractivity contribution in [1.82, 2.24) is 0 Å². The molecule has 0 amide bonds. The molecular weight excluding hydrogens is 326 g/mol. The SMILES string of the molecule is CCCCCCCCCCC(C)C1=NC(C)(COC(=O)C(C)(C)C)CO1. The third kappa shape index (κ3) is 8.55. The number of hydrogen-bond acceptors (Lipinski definition) is 4. The van der Waals surface area contributed by atoms with Crippen LogP contribution in [-0.4, -0.2) is 30.6 Å². The molecule has 152 valence electrons. The zero-order valence-electron chi connectivity index (χ0n) is 18.0. The first kappa shape index (κ1) is 23.0. The summed E-state index contributed by atoms with van der Waals surface area (Å²) in [5, 5.41) is 0. The van der Waals surface area contributed by atoms with Gasteiger partial charge in [-0.2, -0.15) is 0 Å².